The molecule has 1 fully saturated rings. The largest absolute Gasteiger partial charge is 0.379 e. The van der Waals surface area contributed by atoms with E-state index in [9.17, 15) is 19.2 Å². The first-order valence-electron chi connectivity index (χ1n) is 9.45. The fourth-order valence-corrected chi connectivity index (χ4v) is 2.58. The van der Waals surface area contributed by atoms with E-state index in [0.717, 1.165) is 0 Å². The van der Waals surface area contributed by atoms with Gasteiger partial charge in [0.05, 0.1) is 19.6 Å². The Hall–Kier alpha value is -2.00. The van der Waals surface area contributed by atoms with Crippen LogP contribution in [0.1, 0.15) is 47.0 Å². The van der Waals surface area contributed by atoms with Crippen molar-refractivity contribution in [1.82, 2.24) is 21.1 Å². The molecule has 0 spiro atoms. The molecule has 154 valence electrons. The van der Waals surface area contributed by atoms with E-state index >= 15 is 0 Å². The van der Waals surface area contributed by atoms with Crippen molar-refractivity contribution in [2.75, 3.05) is 26.3 Å². The molecule has 0 aliphatic carbocycles. The number of carbonyl (C=O) groups is 4. The molecule has 3 N–H and O–H groups in total. The van der Waals surface area contributed by atoms with Crippen LogP contribution in [0.3, 0.4) is 0 Å². The van der Waals surface area contributed by atoms with Crippen molar-refractivity contribution in [3.05, 3.63) is 0 Å². The van der Waals surface area contributed by atoms with E-state index in [1.807, 2.05) is 27.7 Å². The van der Waals surface area contributed by atoms with Gasteiger partial charge in [-0.2, -0.15) is 0 Å². The molecule has 1 heterocycles. The first-order valence-corrected chi connectivity index (χ1v) is 9.45. The normalized spacial score (nSPS) is 17.1. The summed E-state index contributed by atoms with van der Waals surface area (Å²) in [4.78, 5) is 48.5. The number of carbonyl (C=O) groups excluding carboxylic acids is 4. The molecule has 1 rings (SSSR count). The highest BCUT2D eigenvalue weighted by Crippen LogP contribution is 2.26. The number of rotatable bonds is 12. The van der Waals surface area contributed by atoms with Crippen LogP contribution < -0.4 is 16.2 Å². The Morgan fingerprint density at radius 2 is 1.81 bits per heavy atom. The van der Waals surface area contributed by atoms with Gasteiger partial charge in [0.2, 0.25) is 23.6 Å². The molecule has 1 aliphatic rings. The van der Waals surface area contributed by atoms with Gasteiger partial charge in [0.1, 0.15) is 0 Å². The lowest BCUT2D eigenvalue weighted by molar-refractivity contribution is -0.140. The third-order valence-electron chi connectivity index (χ3n) is 4.19. The summed E-state index contributed by atoms with van der Waals surface area (Å²) < 4.78 is 5.29. The molecule has 27 heavy (non-hydrogen) atoms. The lowest BCUT2D eigenvalue weighted by Crippen LogP contribution is -2.42. The van der Waals surface area contributed by atoms with Gasteiger partial charge in [0.25, 0.3) is 0 Å². The Morgan fingerprint density at radius 3 is 2.41 bits per heavy atom. The molecular formula is C18H32N4O5. The van der Waals surface area contributed by atoms with Crippen molar-refractivity contribution in [2.45, 2.75) is 53.0 Å². The first kappa shape index (κ1) is 23.0. The van der Waals surface area contributed by atoms with Crippen molar-refractivity contribution < 1.29 is 23.9 Å². The number of hydrazine groups is 1. The predicted molar refractivity (Wildman–Crippen MR) is 99.1 cm³/mol. The van der Waals surface area contributed by atoms with Gasteiger partial charge in [-0.05, 0) is 19.8 Å². The number of nitrogens with zero attached hydrogens (tertiary/aromatic N) is 1. The maximum absolute atomic E-state index is 12.2. The molecule has 0 radical (unpaired) electrons. The van der Waals surface area contributed by atoms with E-state index in [1.165, 1.54) is 4.90 Å². The summed E-state index contributed by atoms with van der Waals surface area (Å²) in [7, 11) is 0. The van der Waals surface area contributed by atoms with Crippen LogP contribution in [0, 0.1) is 11.8 Å². The minimum Gasteiger partial charge on any atom is -0.379 e. The van der Waals surface area contributed by atoms with E-state index < -0.39 is 0 Å². The number of ether oxygens (including phenoxy) is 1. The molecule has 9 heteroatoms. The highest BCUT2D eigenvalue weighted by molar-refractivity contribution is 6.03. The minimum atomic E-state index is -0.276. The minimum absolute atomic E-state index is 0.0750. The van der Waals surface area contributed by atoms with Gasteiger partial charge in [-0.15, -0.1) is 0 Å². The van der Waals surface area contributed by atoms with Crippen molar-refractivity contribution in [2.24, 2.45) is 11.8 Å². The van der Waals surface area contributed by atoms with Crippen LogP contribution in [-0.4, -0.2) is 60.9 Å². The molecule has 1 atom stereocenters. The average Bonchev–Trinajstić information content (AvgIpc) is 2.88. The Balaban J connectivity index is 2.10. The van der Waals surface area contributed by atoms with Crippen LogP contribution in [0.5, 0.6) is 0 Å². The highest BCUT2D eigenvalue weighted by atomic mass is 16.5. The molecule has 0 aromatic rings. The monoisotopic (exact) mass is 384 g/mol. The summed E-state index contributed by atoms with van der Waals surface area (Å²) in [5.41, 5.74) is 5.35. The summed E-state index contributed by atoms with van der Waals surface area (Å²) in [6, 6.07) is 0.160. The Labute approximate surface area is 160 Å². The highest BCUT2D eigenvalue weighted by Gasteiger charge is 2.39. The number of hydrogen-bond donors (Lipinski definition) is 3. The van der Waals surface area contributed by atoms with Crippen LogP contribution in [0.25, 0.3) is 0 Å². The topological polar surface area (TPSA) is 117 Å². The predicted octanol–water partition coefficient (Wildman–Crippen LogP) is -0.0403. The molecule has 9 nitrogen and oxygen atoms in total. The molecule has 4 amide bonds. The van der Waals surface area contributed by atoms with Crippen LogP contribution in [0.4, 0.5) is 0 Å². The number of imide groups is 1. The average molecular weight is 384 g/mol. The lowest BCUT2D eigenvalue weighted by atomic mass is 9.94. The quantitative estimate of drug-likeness (QED) is 0.247. The zero-order chi connectivity index (χ0) is 20.4. The fraction of sp³-hybridized carbons (Fsp3) is 0.778. The second-order valence-corrected chi connectivity index (χ2v) is 7.25. The molecule has 1 unspecified atom stereocenters. The van der Waals surface area contributed by atoms with Crippen LogP contribution in [0.15, 0.2) is 0 Å². The maximum atomic E-state index is 12.2. The smallest absolute Gasteiger partial charge is 0.236 e. The lowest BCUT2D eigenvalue weighted by Gasteiger charge is -2.16. The van der Waals surface area contributed by atoms with E-state index in [1.54, 1.807) is 0 Å². The van der Waals surface area contributed by atoms with Gasteiger partial charge >= 0.3 is 0 Å². The second-order valence-electron chi connectivity index (χ2n) is 7.25. The summed E-state index contributed by atoms with van der Waals surface area (Å²) in [5, 5.41) is 2.67. The number of nitrogens with one attached hydrogen (secondary N) is 3. The summed E-state index contributed by atoms with van der Waals surface area (Å²) >= 11 is 0. The molecule has 0 aromatic carbocycles. The summed E-state index contributed by atoms with van der Waals surface area (Å²) in [5.74, 6) is -0.961. The standard InChI is InChI=1S/C18H32N4O5/c1-12(2)14-11-17(25)22(18(14)26)8-5-15(23)19-7-10-27-9-6-16(24)21-20-13(3)4/h12-14,20H,5-11H2,1-4H3,(H,19,23)(H,21,24). The van der Waals surface area contributed by atoms with Crippen molar-refractivity contribution >= 4 is 23.6 Å². The number of amides is 4. The van der Waals surface area contributed by atoms with Gasteiger partial charge in [0, 0.05) is 37.9 Å². The third-order valence-corrected chi connectivity index (χ3v) is 4.19. The molecular weight excluding hydrogens is 352 g/mol. The van der Waals surface area contributed by atoms with Crippen LogP contribution in [0.2, 0.25) is 0 Å². The van der Waals surface area contributed by atoms with Gasteiger partial charge in [-0.1, -0.05) is 13.8 Å². The molecule has 1 aliphatic heterocycles. The van der Waals surface area contributed by atoms with E-state index in [4.69, 9.17) is 4.74 Å². The first-order chi connectivity index (χ1) is 12.7. The molecule has 0 bridgehead atoms. The van der Waals surface area contributed by atoms with Crippen LogP contribution >= 0.6 is 0 Å². The third kappa shape index (κ3) is 8.49. The van der Waals surface area contributed by atoms with E-state index in [0.29, 0.717) is 6.54 Å². The summed E-state index contributed by atoms with van der Waals surface area (Å²) in [6.07, 6.45) is 0.529. The van der Waals surface area contributed by atoms with Crippen LogP contribution in [-0.2, 0) is 23.9 Å². The van der Waals surface area contributed by atoms with Gasteiger partial charge < -0.3 is 10.1 Å². The zero-order valence-corrected chi connectivity index (χ0v) is 16.7. The zero-order valence-electron chi connectivity index (χ0n) is 16.7. The molecule has 1 saturated heterocycles. The van der Waals surface area contributed by atoms with Crippen molar-refractivity contribution in [1.29, 1.82) is 0 Å². The Morgan fingerprint density at radius 1 is 1.11 bits per heavy atom. The molecule has 0 saturated carbocycles. The van der Waals surface area contributed by atoms with E-state index in [2.05, 4.69) is 16.2 Å². The number of likely N-dealkylation sites (tertiary alicyclic amines) is 1. The Kier molecular flexibility index (Phi) is 9.95. The SMILES string of the molecule is CC(C)NNC(=O)CCOCCNC(=O)CCN1C(=O)CC(C(C)C)C1=O. The Bertz CT molecular complexity index is 536. The summed E-state index contributed by atoms with van der Waals surface area (Å²) in [6.45, 7) is 8.61. The second kappa shape index (κ2) is 11.7. The van der Waals surface area contributed by atoms with Gasteiger partial charge in [0.15, 0.2) is 0 Å². The maximum Gasteiger partial charge on any atom is 0.236 e. The van der Waals surface area contributed by atoms with Gasteiger partial charge in [-0.25, -0.2) is 5.43 Å². The van der Waals surface area contributed by atoms with Crippen molar-refractivity contribution in [3.8, 4) is 0 Å². The van der Waals surface area contributed by atoms with E-state index in [-0.39, 0.29) is 80.5 Å². The molecule has 0 aromatic heterocycles. The van der Waals surface area contributed by atoms with Crippen molar-refractivity contribution in [3.63, 3.8) is 0 Å². The van der Waals surface area contributed by atoms with Gasteiger partial charge in [-0.3, -0.25) is 29.5 Å². The fourth-order valence-electron chi connectivity index (χ4n) is 2.58. The number of hydrogen-bond acceptors (Lipinski definition) is 6.